The summed E-state index contributed by atoms with van der Waals surface area (Å²) in [6, 6.07) is 0. The lowest BCUT2D eigenvalue weighted by Crippen LogP contribution is -2.15. The molecule has 0 N–H and O–H groups in total. The SMILES string of the molecule is C=C(C)CCOC1=CC(=O)C(C)CC1. The van der Waals surface area contributed by atoms with E-state index in [1.165, 1.54) is 0 Å². The fraction of sp³-hybridized carbons (Fsp3) is 0.583. The van der Waals surface area contributed by atoms with Crippen molar-refractivity contribution in [3.8, 4) is 0 Å². The van der Waals surface area contributed by atoms with Crippen LogP contribution in [-0.2, 0) is 9.53 Å². The van der Waals surface area contributed by atoms with E-state index in [9.17, 15) is 4.79 Å². The average molecular weight is 194 g/mol. The standard InChI is InChI=1S/C12H18O2/c1-9(2)6-7-14-11-5-4-10(3)12(13)8-11/h8,10H,1,4-7H2,2-3H3. The largest absolute Gasteiger partial charge is 0.497 e. The lowest BCUT2D eigenvalue weighted by molar-refractivity contribution is -0.118. The van der Waals surface area contributed by atoms with Crippen molar-refractivity contribution in [2.45, 2.75) is 33.1 Å². The minimum atomic E-state index is 0.170. The molecule has 1 unspecified atom stereocenters. The van der Waals surface area contributed by atoms with E-state index in [-0.39, 0.29) is 11.7 Å². The molecule has 1 rings (SSSR count). The van der Waals surface area contributed by atoms with Gasteiger partial charge in [0.05, 0.1) is 12.4 Å². The first-order chi connectivity index (χ1) is 6.59. The van der Waals surface area contributed by atoms with Gasteiger partial charge in [0.25, 0.3) is 0 Å². The van der Waals surface area contributed by atoms with Crippen LogP contribution >= 0.6 is 0 Å². The highest BCUT2D eigenvalue weighted by molar-refractivity contribution is 5.92. The summed E-state index contributed by atoms with van der Waals surface area (Å²) in [5.41, 5.74) is 1.11. The molecule has 0 saturated carbocycles. The Balaban J connectivity index is 2.35. The summed E-state index contributed by atoms with van der Waals surface area (Å²) < 4.78 is 5.49. The Kier molecular flexibility index (Phi) is 3.93. The number of ketones is 1. The molecule has 0 spiro atoms. The van der Waals surface area contributed by atoms with Crippen molar-refractivity contribution in [3.05, 3.63) is 24.0 Å². The molecule has 1 atom stereocenters. The number of rotatable bonds is 4. The van der Waals surface area contributed by atoms with Crippen molar-refractivity contribution in [1.29, 1.82) is 0 Å². The maximum Gasteiger partial charge on any atom is 0.161 e. The number of hydrogen-bond acceptors (Lipinski definition) is 2. The summed E-state index contributed by atoms with van der Waals surface area (Å²) >= 11 is 0. The molecule has 0 heterocycles. The van der Waals surface area contributed by atoms with E-state index in [0.29, 0.717) is 6.61 Å². The molecule has 1 aliphatic carbocycles. The van der Waals surface area contributed by atoms with Crippen LogP contribution in [0.25, 0.3) is 0 Å². The van der Waals surface area contributed by atoms with Gasteiger partial charge in [0.15, 0.2) is 5.78 Å². The third-order valence-corrected chi connectivity index (χ3v) is 2.43. The van der Waals surface area contributed by atoms with Gasteiger partial charge in [0.2, 0.25) is 0 Å². The van der Waals surface area contributed by atoms with E-state index >= 15 is 0 Å². The lowest BCUT2D eigenvalue weighted by Gasteiger charge is -2.17. The van der Waals surface area contributed by atoms with Crippen LogP contribution in [0.1, 0.15) is 33.1 Å². The molecule has 0 aliphatic heterocycles. The van der Waals surface area contributed by atoms with Crippen LogP contribution in [0.5, 0.6) is 0 Å². The molecule has 78 valence electrons. The molecule has 0 radical (unpaired) electrons. The molecular weight excluding hydrogens is 176 g/mol. The maximum atomic E-state index is 11.3. The summed E-state index contributed by atoms with van der Waals surface area (Å²) in [4.78, 5) is 11.3. The summed E-state index contributed by atoms with van der Waals surface area (Å²) in [5.74, 6) is 1.21. The molecule has 0 bridgehead atoms. The minimum Gasteiger partial charge on any atom is -0.497 e. The molecule has 0 aromatic heterocycles. The number of ether oxygens (including phenoxy) is 1. The zero-order valence-corrected chi connectivity index (χ0v) is 9.01. The van der Waals surface area contributed by atoms with Crippen molar-refractivity contribution in [3.63, 3.8) is 0 Å². The normalized spacial score (nSPS) is 21.7. The molecule has 0 aromatic carbocycles. The molecule has 2 nitrogen and oxygen atoms in total. The summed E-state index contributed by atoms with van der Waals surface area (Å²) in [6.45, 7) is 8.38. The van der Waals surface area contributed by atoms with Gasteiger partial charge in [-0.2, -0.15) is 0 Å². The van der Waals surface area contributed by atoms with Gasteiger partial charge < -0.3 is 4.74 Å². The van der Waals surface area contributed by atoms with E-state index in [4.69, 9.17) is 4.74 Å². The van der Waals surface area contributed by atoms with Crippen molar-refractivity contribution in [2.24, 2.45) is 5.92 Å². The first-order valence-electron chi connectivity index (χ1n) is 5.11. The number of allylic oxidation sites excluding steroid dienone is 2. The Bertz CT molecular complexity index is 263. The Morgan fingerprint density at radius 1 is 1.71 bits per heavy atom. The fourth-order valence-corrected chi connectivity index (χ4v) is 1.34. The number of carbonyl (C=O) groups is 1. The molecule has 14 heavy (non-hydrogen) atoms. The summed E-state index contributed by atoms with van der Waals surface area (Å²) in [6.07, 6.45) is 4.31. The van der Waals surface area contributed by atoms with Crippen molar-refractivity contribution in [2.75, 3.05) is 6.61 Å². The van der Waals surface area contributed by atoms with Gasteiger partial charge in [-0.05, 0) is 13.3 Å². The van der Waals surface area contributed by atoms with Crippen LogP contribution in [0.4, 0.5) is 0 Å². The first-order valence-corrected chi connectivity index (χ1v) is 5.11. The second kappa shape index (κ2) is 4.99. The van der Waals surface area contributed by atoms with Crippen LogP contribution in [0, 0.1) is 5.92 Å². The van der Waals surface area contributed by atoms with Crippen LogP contribution in [0.15, 0.2) is 24.0 Å². The predicted octanol–water partition coefficient (Wildman–Crippen LogP) is 2.85. The Labute approximate surface area is 85.6 Å². The van der Waals surface area contributed by atoms with Crippen molar-refractivity contribution in [1.82, 2.24) is 0 Å². The molecule has 0 amide bonds. The highest BCUT2D eigenvalue weighted by Gasteiger charge is 2.18. The number of carbonyl (C=O) groups excluding carboxylic acids is 1. The van der Waals surface area contributed by atoms with Crippen molar-refractivity contribution < 1.29 is 9.53 Å². The molecule has 1 aliphatic rings. The molecule has 0 aromatic rings. The van der Waals surface area contributed by atoms with Crippen LogP contribution in [0.2, 0.25) is 0 Å². The van der Waals surface area contributed by atoms with E-state index in [1.54, 1.807) is 6.08 Å². The summed E-state index contributed by atoms with van der Waals surface area (Å²) in [7, 11) is 0. The van der Waals surface area contributed by atoms with Crippen molar-refractivity contribution >= 4 is 5.78 Å². The Hall–Kier alpha value is -1.05. The van der Waals surface area contributed by atoms with Gasteiger partial charge in [-0.25, -0.2) is 0 Å². The maximum absolute atomic E-state index is 11.3. The topological polar surface area (TPSA) is 26.3 Å². The van der Waals surface area contributed by atoms with Crippen LogP contribution in [-0.4, -0.2) is 12.4 Å². The van der Waals surface area contributed by atoms with Gasteiger partial charge in [0, 0.05) is 24.8 Å². The monoisotopic (exact) mass is 194 g/mol. The quantitative estimate of drug-likeness (QED) is 0.643. The zero-order chi connectivity index (χ0) is 10.6. The van der Waals surface area contributed by atoms with E-state index in [0.717, 1.165) is 30.6 Å². The Morgan fingerprint density at radius 3 is 3.00 bits per heavy atom. The molecular formula is C12H18O2. The van der Waals surface area contributed by atoms with Gasteiger partial charge in [-0.15, -0.1) is 6.58 Å². The van der Waals surface area contributed by atoms with Gasteiger partial charge in [0.1, 0.15) is 0 Å². The molecule has 2 heteroatoms. The minimum absolute atomic E-state index is 0.170. The lowest BCUT2D eigenvalue weighted by atomic mass is 9.94. The second-order valence-corrected chi connectivity index (χ2v) is 4.01. The van der Waals surface area contributed by atoms with Crippen LogP contribution < -0.4 is 0 Å². The predicted molar refractivity (Wildman–Crippen MR) is 56.9 cm³/mol. The zero-order valence-electron chi connectivity index (χ0n) is 9.01. The van der Waals surface area contributed by atoms with Gasteiger partial charge in [-0.3, -0.25) is 4.79 Å². The average Bonchev–Trinajstić information content (AvgIpc) is 2.10. The van der Waals surface area contributed by atoms with E-state index < -0.39 is 0 Å². The smallest absolute Gasteiger partial charge is 0.161 e. The van der Waals surface area contributed by atoms with Gasteiger partial charge >= 0.3 is 0 Å². The third kappa shape index (κ3) is 3.36. The fourth-order valence-electron chi connectivity index (χ4n) is 1.34. The highest BCUT2D eigenvalue weighted by atomic mass is 16.5. The number of hydrogen-bond donors (Lipinski definition) is 0. The first kappa shape index (κ1) is 11.0. The van der Waals surface area contributed by atoms with E-state index in [2.05, 4.69) is 6.58 Å². The third-order valence-electron chi connectivity index (χ3n) is 2.43. The second-order valence-electron chi connectivity index (χ2n) is 4.01. The highest BCUT2D eigenvalue weighted by Crippen LogP contribution is 2.21. The Morgan fingerprint density at radius 2 is 2.43 bits per heavy atom. The van der Waals surface area contributed by atoms with Gasteiger partial charge in [-0.1, -0.05) is 12.5 Å². The summed E-state index contributed by atoms with van der Waals surface area (Å²) in [5, 5.41) is 0. The van der Waals surface area contributed by atoms with Crippen LogP contribution in [0.3, 0.4) is 0 Å². The molecule has 0 saturated heterocycles. The van der Waals surface area contributed by atoms with E-state index in [1.807, 2.05) is 13.8 Å². The molecule has 0 fully saturated rings.